The number of pyridine rings is 1. The Labute approximate surface area is 101 Å². The quantitative estimate of drug-likeness (QED) is 0.874. The summed E-state index contributed by atoms with van der Waals surface area (Å²) in [5.41, 5.74) is 7.72. The maximum absolute atomic E-state index is 5.89. The van der Waals surface area contributed by atoms with Crippen LogP contribution in [0.2, 0.25) is 0 Å². The Morgan fingerprint density at radius 3 is 2.59 bits per heavy atom. The third-order valence-corrected chi connectivity index (χ3v) is 2.61. The van der Waals surface area contributed by atoms with Gasteiger partial charge < -0.3 is 10.5 Å². The van der Waals surface area contributed by atoms with Gasteiger partial charge in [-0.15, -0.1) is 0 Å². The maximum Gasteiger partial charge on any atom is 0.141 e. The Hall–Kier alpha value is -1.87. The molecule has 1 atom stereocenters. The van der Waals surface area contributed by atoms with Crippen molar-refractivity contribution in [2.75, 3.05) is 6.54 Å². The first-order valence-electron chi connectivity index (χ1n) is 5.64. The molecule has 2 rings (SSSR count). The zero-order valence-electron chi connectivity index (χ0n) is 9.84. The van der Waals surface area contributed by atoms with E-state index in [4.69, 9.17) is 10.5 Å². The van der Waals surface area contributed by atoms with Crippen LogP contribution >= 0.6 is 0 Å². The van der Waals surface area contributed by atoms with Crippen LogP contribution in [0, 0.1) is 6.92 Å². The summed E-state index contributed by atoms with van der Waals surface area (Å²) in [6.45, 7) is 2.37. The number of ether oxygens (including phenoxy) is 1. The number of benzene rings is 1. The van der Waals surface area contributed by atoms with Gasteiger partial charge in [-0.1, -0.05) is 30.3 Å². The summed E-state index contributed by atoms with van der Waals surface area (Å²) in [6.07, 6.45) is 1.63. The highest BCUT2D eigenvalue weighted by molar-refractivity contribution is 5.27. The molecule has 0 fully saturated rings. The molecule has 1 aromatic carbocycles. The maximum atomic E-state index is 5.89. The van der Waals surface area contributed by atoms with E-state index in [-0.39, 0.29) is 6.10 Å². The highest BCUT2D eigenvalue weighted by Crippen LogP contribution is 2.22. The molecule has 1 unspecified atom stereocenters. The van der Waals surface area contributed by atoms with Crippen LogP contribution in [-0.4, -0.2) is 11.5 Å². The SMILES string of the molecule is Cc1ncccc1OC(CN)c1ccccc1. The number of aromatic nitrogens is 1. The Kier molecular flexibility index (Phi) is 3.73. The molecule has 2 aromatic rings. The first kappa shape index (κ1) is 11.6. The minimum absolute atomic E-state index is 0.126. The van der Waals surface area contributed by atoms with Crippen LogP contribution in [0.1, 0.15) is 17.4 Å². The van der Waals surface area contributed by atoms with Crippen LogP contribution in [0.5, 0.6) is 5.75 Å². The van der Waals surface area contributed by atoms with E-state index in [1.54, 1.807) is 6.20 Å². The molecule has 0 aliphatic rings. The Bertz CT molecular complexity index is 471. The smallest absolute Gasteiger partial charge is 0.141 e. The lowest BCUT2D eigenvalue weighted by Crippen LogP contribution is -2.18. The van der Waals surface area contributed by atoms with E-state index in [1.807, 2.05) is 49.4 Å². The molecule has 0 bridgehead atoms. The van der Waals surface area contributed by atoms with Crippen molar-refractivity contribution in [1.82, 2.24) is 4.98 Å². The molecule has 3 nitrogen and oxygen atoms in total. The number of rotatable bonds is 4. The van der Waals surface area contributed by atoms with E-state index in [2.05, 4.69) is 4.98 Å². The fraction of sp³-hybridized carbons (Fsp3) is 0.214. The van der Waals surface area contributed by atoms with Crippen LogP contribution < -0.4 is 10.5 Å². The molecule has 1 heterocycles. The predicted octanol–water partition coefficient (Wildman–Crippen LogP) is 2.47. The minimum atomic E-state index is -0.126. The van der Waals surface area contributed by atoms with Gasteiger partial charge in [0.2, 0.25) is 0 Å². The van der Waals surface area contributed by atoms with Gasteiger partial charge >= 0.3 is 0 Å². The number of nitrogens with two attached hydrogens (primary N) is 1. The van der Waals surface area contributed by atoms with Gasteiger partial charge in [0.1, 0.15) is 11.9 Å². The molecule has 1 aromatic heterocycles. The van der Waals surface area contributed by atoms with Crippen molar-refractivity contribution >= 4 is 0 Å². The molecule has 0 aliphatic carbocycles. The summed E-state index contributed by atoms with van der Waals surface area (Å²) >= 11 is 0. The number of aryl methyl sites for hydroxylation is 1. The third kappa shape index (κ3) is 2.82. The third-order valence-electron chi connectivity index (χ3n) is 2.61. The number of hydrogen-bond donors (Lipinski definition) is 1. The first-order valence-corrected chi connectivity index (χ1v) is 5.64. The molecule has 0 radical (unpaired) electrons. The fourth-order valence-corrected chi connectivity index (χ4v) is 1.67. The average Bonchev–Trinajstić information content (AvgIpc) is 2.39. The van der Waals surface area contributed by atoms with Crippen molar-refractivity contribution in [3.63, 3.8) is 0 Å². The molecule has 88 valence electrons. The van der Waals surface area contributed by atoms with E-state index in [1.165, 1.54) is 0 Å². The lowest BCUT2D eigenvalue weighted by Gasteiger charge is -2.18. The average molecular weight is 228 g/mol. The second-order valence-corrected chi connectivity index (χ2v) is 3.84. The van der Waals surface area contributed by atoms with E-state index >= 15 is 0 Å². The van der Waals surface area contributed by atoms with Crippen LogP contribution in [-0.2, 0) is 0 Å². The van der Waals surface area contributed by atoms with Gasteiger partial charge in [-0.2, -0.15) is 0 Å². The molecule has 0 aliphatic heterocycles. The van der Waals surface area contributed by atoms with Crippen molar-refractivity contribution in [3.05, 3.63) is 59.9 Å². The van der Waals surface area contributed by atoms with Gasteiger partial charge in [-0.3, -0.25) is 4.98 Å². The van der Waals surface area contributed by atoms with Crippen molar-refractivity contribution in [2.24, 2.45) is 5.73 Å². The van der Waals surface area contributed by atoms with Gasteiger partial charge in [0.15, 0.2) is 0 Å². The predicted molar refractivity (Wildman–Crippen MR) is 67.8 cm³/mol. The minimum Gasteiger partial charge on any atom is -0.483 e. The van der Waals surface area contributed by atoms with Gasteiger partial charge in [-0.05, 0) is 24.6 Å². The van der Waals surface area contributed by atoms with E-state index in [9.17, 15) is 0 Å². The van der Waals surface area contributed by atoms with Crippen LogP contribution in [0.25, 0.3) is 0 Å². The Balaban J connectivity index is 2.19. The van der Waals surface area contributed by atoms with Crippen LogP contribution in [0.4, 0.5) is 0 Å². The molecule has 0 spiro atoms. The standard InChI is InChI=1S/C14H16N2O/c1-11-13(8-5-9-16-11)17-14(10-15)12-6-3-2-4-7-12/h2-9,14H,10,15H2,1H3. The normalized spacial score (nSPS) is 12.1. The van der Waals surface area contributed by atoms with E-state index < -0.39 is 0 Å². The van der Waals surface area contributed by atoms with Crippen molar-refractivity contribution in [2.45, 2.75) is 13.0 Å². The molecule has 0 amide bonds. The molecule has 17 heavy (non-hydrogen) atoms. The zero-order valence-corrected chi connectivity index (χ0v) is 9.84. The molecule has 2 N–H and O–H groups in total. The Morgan fingerprint density at radius 2 is 1.94 bits per heavy atom. The molecule has 0 saturated carbocycles. The zero-order chi connectivity index (χ0) is 12.1. The molecular weight excluding hydrogens is 212 g/mol. The molecular formula is C14H16N2O. The van der Waals surface area contributed by atoms with Gasteiger partial charge in [0.25, 0.3) is 0 Å². The van der Waals surface area contributed by atoms with Crippen molar-refractivity contribution in [1.29, 1.82) is 0 Å². The molecule has 0 saturated heterocycles. The monoisotopic (exact) mass is 228 g/mol. The van der Waals surface area contributed by atoms with Crippen molar-refractivity contribution in [3.8, 4) is 5.75 Å². The van der Waals surface area contributed by atoms with Gasteiger partial charge in [0.05, 0.1) is 5.69 Å². The summed E-state index contributed by atoms with van der Waals surface area (Å²) in [5, 5.41) is 0. The van der Waals surface area contributed by atoms with Crippen LogP contribution in [0.3, 0.4) is 0 Å². The van der Waals surface area contributed by atoms with Crippen LogP contribution in [0.15, 0.2) is 48.7 Å². The largest absolute Gasteiger partial charge is 0.483 e. The Morgan fingerprint density at radius 1 is 1.18 bits per heavy atom. The second kappa shape index (κ2) is 5.46. The summed E-state index contributed by atoms with van der Waals surface area (Å²) in [5.74, 6) is 0.784. The summed E-state index contributed by atoms with van der Waals surface area (Å²) in [6, 6.07) is 13.8. The topological polar surface area (TPSA) is 48.1 Å². The van der Waals surface area contributed by atoms with E-state index in [0.29, 0.717) is 6.54 Å². The highest BCUT2D eigenvalue weighted by atomic mass is 16.5. The fourth-order valence-electron chi connectivity index (χ4n) is 1.67. The second-order valence-electron chi connectivity index (χ2n) is 3.84. The summed E-state index contributed by atoms with van der Waals surface area (Å²) < 4.78 is 5.89. The lowest BCUT2D eigenvalue weighted by atomic mass is 10.1. The van der Waals surface area contributed by atoms with Crippen molar-refractivity contribution < 1.29 is 4.74 Å². The number of hydrogen-bond acceptors (Lipinski definition) is 3. The molecule has 3 heteroatoms. The highest BCUT2D eigenvalue weighted by Gasteiger charge is 2.12. The number of nitrogens with zero attached hydrogens (tertiary/aromatic N) is 1. The lowest BCUT2D eigenvalue weighted by molar-refractivity contribution is 0.212. The summed E-state index contributed by atoms with van der Waals surface area (Å²) in [4.78, 5) is 4.19. The van der Waals surface area contributed by atoms with E-state index in [0.717, 1.165) is 17.0 Å². The summed E-state index contributed by atoms with van der Waals surface area (Å²) in [7, 11) is 0. The van der Waals surface area contributed by atoms with Gasteiger partial charge in [0, 0.05) is 12.7 Å². The first-order chi connectivity index (χ1) is 8.31. The van der Waals surface area contributed by atoms with Gasteiger partial charge in [-0.25, -0.2) is 0 Å².